The lowest BCUT2D eigenvalue weighted by Gasteiger charge is -2.16. The van der Waals surface area contributed by atoms with Gasteiger partial charge < -0.3 is 4.89 Å². The van der Waals surface area contributed by atoms with Crippen LogP contribution in [0.4, 0.5) is 0 Å². The average molecular weight is 252 g/mol. The third-order valence-electron chi connectivity index (χ3n) is 2.39. The standard InChI is InChI=1S/C11H25O4P/c1-4-6-7-8-9-10-14-16(12,13)15-11(3)5-2/h11H,4-10H2,1-3H3,(H,12,13)/t11-/m1/s1. The number of hydrogen-bond acceptors (Lipinski definition) is 3. The highest BCUT2D eigenvalue weighted by Gasteiger charge is 2.23. The Hall–Kier alpha value is 0.110. The Morgan fingerprint density at radius 1 is 1.19 bits per heavy atom. The van der Waals surface area contributed by atoms with E-state index in [4.69, 9.17) is 9.05 Å². The number of hydrogen-bond donors (Lipinski definition) is 1. The van der Waals surface area contributed by atoms with E-state index in [1.165, 1.54) is 12.8 Å². The van der Waals surface area contributed by atoms with Crippen LogP contribution in [0.5, 0.6) is 0 Å². The highest BCUT2D eigenvalue weighted by molar-refractivity contribution is 7.47. The lowest BCUT2D eigenvalue weighted by atomic mass is 10.2. The second-order valence-corrected chi connectivity index (χ2v) is 5.45. The van der Waals surface area contributed by atoms with Gasteiger partial charge in [-0.2, -0.15) is 0 Å². The molecule has 5 heteroatoms. The second-order valence-electron chi connectivity index (χ2n) is 4.04. The molecule has 0 saturated heterocycles. The second kappa shape index (κ2) is 9.17. The van der Waals surface area contributed by atoms with Gasteiger partial charge in [0.05, 0.1) is 12.7 Å². The summed E-state index contributed by atoms with van der Waals surface area (Å²) in [5.41, 5.74) is 0. The molecule has 98 valence electrons. The van der Waals surface area contributed by atoms with Crippen LogP contribution >= 0.6 is 7.82 Å². The predicted octanol–water partition coefficient (Wildman–Crippen LogP) is 3.89. The van der Waals surface area contributed by atoms with Crippen molar-refractivity contribution < 1.29 is 18.5 Å². The topological polar surface area (TPSA) is 55.8 Å². The van der Waals surface area contributed by atoms with Crippen molar-refractivity contribution >= 4 is 7.82 Å². The van der Waals surface area contributed by atoms with Crippen molar-refractivity contribution in [1.29, 1.82) is 0 Å². The molecule has 0 rings (SSSR count). The summed E-state index contributed by atoms with van der Waals surface area (Å²) in [7, 11) is -3.82. The number of rotatable bonds is 10. The van der Waals surface area contributed by atoms with Crippen LogP contribution in [0.25, 0.3) is 0 Å². The van der Waals surface area contributed by atoms with Crippen molar-refractivity contribution in [2.24, 2.45) is 0 Å². The summed E-state index contributed by atoms with van der Waals surface area (Å²) < 4.78 is 21.2. The zero-order valence-electron chi connectivity index (χ0n) is 10.6. The summed E-state index contributed by atoms with van der Waals surface area (Å²) in [6.07, 6.45) is 5.87. The molecular weight excluding hydrogens is 227 g/mol. The van der Waals surface area contributed by atoms with Gasteiger partial charge in [0, 0.05) is 0 Å². The molecule has 0 aliphatic heterocycles. The minimum absolute atomic E-state index is 0.240. The molecule has 0 aliphatic carbocycles. The molecule has 0 saturated carbocycles. The van der Waals surface area contributed by atoms with Crippen LogP contribution in [0.15, 0.2) is 0 Å². The van der Waals surface area contributed by atoms with E-state index in [1.54, 1.807) is 6.92 Å². The minimum atomic E-state index is -3.82. The highest BCUT2D eigenvalue weighted by Crippen LogP contribution is 2.45. The normalized spacial score (nSPS) is 17.0. The van der Waals surface area contributed by atoms with Crippen LogP contribution < -0.4 is 0 Å². The first kappa shape index (κ1) is 16.1. The molecule has 0 fully saturated rings. The van der Waals surface area contributed by atoms with Gasteiger partial charge in [0.25, 0.3) is 0 Å². The molecule has 0 radical (unpaired) electrons. The Labute approximate surface area is 99.0 Å². The first-order valence-electron chi connectivity index (χ1n) is 6.17. The molecule has 0 aliphatic rings. The maximum Gasteiger partial charge on any atom is 0.472 e. The maximum absolute atomic E-state index is 11.4. The molecule has 2 atom stereocenters. The molecule has 1 N–H and O–H groups in total. The Bertz CT molecular complexity index is 208. The third-order valence-corrected chi connectivity index (χ3v) is 3.53. The number of phosphoric acid groups is 1. The fourth-order valence-electron chi connectivity index (χ4n) is 1.22. The van der Waals surface area contributed by atoms with Crippen LogP contribution in [0.3, 0.4) is 0 Å². The Morgan fingerprint density at radius 2 is 1.81 bits per heavy atom. The van der Waals surface area contributed by atoms with Crippen LogP contribution in [0.1, 0.15) is 59.3 Å². The summed E-state index contributed by atoms with van der Waals surface area (Å²) in [5.74, 6) is 0. The van der Waals surface area contributed by atoms with Crippen LogP contribution in [0.2, 0.25) is 0 Å². The average Bonchev–Trinajstić information content (AvgIpc) is 2.22. The van der Waals surface area contributed by atoms with E-state index >= 15 is 0 Å². The molecule has 4 nitrogen and oxygen atoms in total. The predicted molar refractivity (Wildman–Crippen MR) is 65.4 cm³/mol. The summed E-state index contributed by atoms with van der Waals surface area (Å²) in [6, 6.07) is 0. The van der Waals surface area contributed by atoms with Crippen LogP contribution in [0, 0.1) is 0 Å². The van der Waals surface area contributed by atoms with Gasteiger partial charge in [-0.25, -0.2) is 4.57 Å². The van der Waals surface area contributed by atoms with Gasteiger partial charge in [0.1, 0.15) is 0 Å². The summed E-state index contributed by atoms with van der Waals surface area (Å²) in [6.45, 7) is 6.11. The largest absolute Gasteiger partial charge is 0.472 e. The van der Waals surface area contributed by atoms with E-state index in [9.17, 15) is 9.46 Å². The Morgan fingerprint density at radius 3 is 2.38 bits per heavy atom. The fraction of sp³-hybridized carbons (Fsp3) is 1.00. The molecule has 0 aromatic rings. The zero-order valence-corrected chi connectivity index (χ0v) is 11.5. The van der Waals surface area contributed by atoms with Crippen molar-refractivity contribution in [1.82, 2.24) is 0 Å². The lowest BCUT2D eigenvalue weighted by molar-refractivity contribution is 0.109. The van der Waals surface area contributed by atoms with Crippen molar-refractivity contribution in [2.75, 3.05) is 6.61 Å². The molecule has 0 spiro atoms. The highest BCUT2D eigenvalue weighted by atomic mass is 31.2. The molecular formula is C11H25O4P. The van der Waals surface area contributed by atoms with Crippen molar-refractivity contribution in [3.63, 3.8) is 0 Å². The first-order valence-corrected chi connectivity index (χ1v) is 7.67. The molecule has 0 heterocycles. The Balaban J connectivity index is 3.54. The third kappa shape index (κ3) is 9.34. The molecule has 0 aromatic carbocycles. The van der Waals surface area contributed by atoms with Crippen LogP contribution in [-0.2, 0) is 13.6 Å². The van der Waals surface area contributed by atoms with E-state index in [1.807, 2.05) is 6.92 Å². The SMILES string of the molecule is CCCCCCCOP(=O)(O)O[C@H](C)CC. The fourth-order valence-corrected chi connectivity index (χ4v) is 2.24. The summed E-state index contributed by atoms with van der Waals surface area (Å²) >= 11 is 0. The number of phosphoric ester groups is 1. The quantitative estimate of drug-likeness (QED) is 0.473. The molecule has 0 aromatic heterocycles. The lowest BCUT2D eigenvalue weighted by Crippen LogP contribution is -2.06. The van der Waals surface area contributed by atoms with Gasteiger partial charge in [-0.05, 0) is 19.8 Å². The summed E-state index contributed by atoms with van der Waals surface area (Å²) in [5, 5.41) is 0. The van der Waals surface area contributed by atoms with Gasteiger partial charge in [-0.3, -0.25) is 9.05 Å². The van der Waals surface area contributed by atoms with E-state index in [0.717, 1.165) is 19.3 Å². The first-order chi connectivity index (χ1) is 7.52. The van der Waals surface area contributed by atoms with Crippen molar-refractivity contribution in [3.05, 3.63) is 0 Å². The molecule has 0 amide bonds. The van der Waals surface area contributed by atoms with Gasteiger partial charge in [0.15, 0.2) is 0 Å². The molecule has 16 heavy (non-hydrogen) atoms. The number of unbranched alkanes of at least 4 members (excludes halogenated alkanes) is 4. The smallest absolute Gasteiger partial charge is 0.302 e. The minimum Gasteiger partial charge on any atom is -0.302 e. The van der Waals surface area contributed by atoms with Crippen LogP contribution in [-0.4, -0.2) is 17.6 Å². The molecule has 0 bridgehead atoms. The summed E-state index contributed by atoms with van der Waals surface area (Å²) in [4.78, 5) is 9.33. The molecule has 1 unspecified atom stereocenters. The van der Waals surface area contributed by atoms with Gasteiger partial charge in [-0.1, -0.05) is 39.5 Å². The van der Waals surface area contributed by atoms with Gasteiger partial charge >= 0.3 is 7.82 Å². The monoisotopic (exact) mass is 252 g/mol. The van der Waals surface area contributed by atoms with Crippen molar-refractivity contribution in [2.45, 2.75) is 65.4 Å². The maximum atomic E-state index is 11.4. The van der Waals surface area contributed by atoms with E-state index in [0.29, 0.717) is 13.0 Å². The van der Waals surface area contributed by atoms with Gasteiger partial charge in [0.2, 0.25) is 0 Å². The zero-order chi connectivity index (χ0) is 12.4. The van der Waals surface area contributed by atoms with E-state index < -0.39 is 7.82 Å². The van der Waals surface area contributed by atoms with E-state index in [-0.39, 0.29) is 6.10 Å². The van der Waals surface area contributed by atoms with Gasteiger partial charge in [-0.15, -0.1) is 0 Å². The van der Waals surface area contributed by atoms with E-state index in [2.05, 4.69) is 6.92 Å². The Kier molecular flexibility index (Phi) is 9.24. The van der Waals surface area contributed by atoms with Crippen molar-refractivity contribution in [3.8, 4) is 0 Å².